The second kappa shape index (κ2) is 5.43. The van der Waals surface area contributed by atoms with Crippen LogP contribution in [0.3, 0.4) is 0 Å². The molecule has 0 saturated heterocycles. The van der Waals surface area contributed by atoms with E-state index in [4.69, 9.17) is 0 Å². The Balaban J connectivity index is 0.000000153. The van der Waals surface area contributed by atoms with Crippen LogP contribution in [-0.2, 0) is 4.79 Å². The molecular formula is C14H14O3. The van der Waals surface area contributed by atoms with E-state index in [1.807, 2.05) is 18.2 Å². The van der Waals surface area contributed by atoms with Crippen LogP contribution in [-0.4, -0.2) is 5.78 Å². The van der Waals surface area contributed by atoms with Gasteiger partial charge >= 0.3 is 5.63 Å². The summed E-state index contributed by atoms with van der Waals surface area (Å²) in [4.78, 5) is 21.3. The normalized spacial score (nSPS) is 14.5. The molecule has 0 amide bonds. The monoisotopic (exact) mass is 230 g/mol. The van der Waals surface area contributed by atoms with Gasteiger partial charge < -0.3 is 4.42 Å². The van der Waals surface area contributed by atoms with Crippen molar-refractivity contribution in [3.63, 3.8) is 0 Å². The Kier molecular flexibility index (Phi) is 3.70. The van der Waals surface area contributed by atoms with Gasteiger partial charge in [0.15, 0.2) is 0 Å². The van der Waals surface area contributed by atoms with Gasteiger partial charge in [0.1, 0.15) is 5.78 Å². The lowest BCUT2D eigenvalue weighted by molar-refractivity contribution is -0.117. The van der Waals surface area contributed by atoms with Gasteiger partial charge in [-0.1, -0.05) is 18.2 Å². The average Bonchev–Trinajstić information content (AvgIpc) is 2.82. The molecule has 0 atom stereocenters. The predicted molar refractivity (Wildman–Crippen MR) is 66.0 cm³/mol. The lowest BCUT2D eigenvalue weighted by atomic mass is 10.2. The fourth-order valence-electron chi connectivity index (χ4n) is 1.83. The molecule has 0 unspecified atom stereocenters. The molecule has 88 valence electrons. The molecule has 1 fully saturated rings. The van der Waals surface area contributed by atoms with Gasteiger partial charge in [-0.3, -0.25) is 4.79 Å². The van der Waals surface area contributed by atoms with E-state index in [-0.39, 0.29) is 5.63 Å². The first-order valence-electron chi connectivity index (χ1n) is 5.75. The van der Waals surface area contributed by atoms with Crippen LogP contribution in [0.2, 0.25) is 0 Å². The average molecular weight is 230 g/mol. The van der Waals surface area contributed by atoms with Gasteiger partial charge in [-0.05, 0) is 30.4 Å². The van der Waals surface area contributed by atoms with E-state index in [1.165, 1.54) is 6.26 Å². The van der Waals surface area contributed by atoms with Crippen LogP contribution < -0.4 is 5.63 Å². The molecular weight excluding hydrogens is 216 g/mol. The SMILES string of the molecule is O=C1CCCC1.O=c1occc2ccccc12. The van der Waals surface area contributed by atoms with Crippen LogP contribution in [0, 0.1) is 0 Å². The summed E-state index contributed by atoms with van der Waals surface area (Å²) in [5.41, 5.74) is -0.275. The zero-order valence-electron chi connectivity index (χ0n) is 9.52. The van der Waals surface area contributed by atoms with Crippen molar-refractivity contribution in [2.45, 2.75) is 25.7 Å². The highest BCUT2D eigenvalue weighted by Crippen LogP contribution is 2.11. The molecule has 1 heterocycles. The van der Waals surface area contributed by atoms with Gasteiger partial charge in [0.05, 0.1) is 11.6 Å². The number of fused-ring (bicyclic) bond motifs is 1. The van der Waals surface area contributed by atoms with Crippen molar-refractivity contribution >= 4 is 16.6 Å². The lowest BCUT2D eigenvalue weighted by Gasteiger charge is -1.91. The Hall–Kier alpha value is -1.90. The molecule has 3 heteroatoms. The first kappa shape index (κ1) is 11.6. The third-order valence-corrected chi connectivity index (χ3v) is 2.76. The first-order chi connectivity index (χ1) is 8.27. The summed E-state index contributed by atoms with van der Waals surface area (Å²) in [5.74, 6) is 0.454. The third-order valence-electron chi connectivity index (χ3n) is 2.76. The highest BCUT2D eigenvalue weighted by atomic mass is 16.4. The van der Waals surface area contributed by atoms with Crippen LogP contribution in [0.5, 0.6) is 0 Å². The van der Waals surface area contributed by atoms with E-state index in [0.717, 1.165) is 31.1 Å². The van der Waals surface area contributed by atoms with E-state index < -0.39 is 0 Å². The Morgan fingerprint density at radius 1 is 0.941 bits per heavy atom. The zero-order valence-corrected chi connectivity index (χ0v) is 9.52. The van der Waals surface area contributed by atoms with Crippen molar-refractivity contribution in [2.24, 2.45) is 0 Å². The Bertz CT molecular complexity index is 555. The molecule has 3 nitrogen and oxygen atoms in total. The number of ketones is 1. The summed E-state index contributed by atoms with van der Waals surface area (Å²) in [5, 5.41) is 1.55. The van der Waals surface area contributed by atoms with Crippen LogP contribution in [0.1, 0.15) is 25.7 Å². The van der Waals surface area contributed by atoms with Crippen molar-refractivity contribution in [2.75, 3.05) is 0 Å². The van der Waals surface area contributed by atoms with Gasteiger partial charge in [-0.2, -0.15) is 0 Å². The molecule has 17 heavy (non-hydrogen) atoms. The molecule has 1 saturated carbocycles. The van der Waals surface area contributed by atoms with Gasteiger partial charge in [0.25, 0.3) is 0 Å². The largest absolute Gasteiger partial charge is 0.431 e. The first-order valence-corrected chi connectivity index (χ1v) is 5.75. The van der Waals surface area contributed by atoms with Crippen molar-refractivity contribution in [3.05, 3.63) is 47.0 Å². The van der Waals surface area contributed by atoms with Crippen molar-refractivity contribution in [1.82, 2.24) is 0 Å². The van der Waals surface area contributed by atoms with E-state index in [9.17, 15) is 9.59 Å². The van der Waals surface area contributed by atoms with Gasteiger partial charge in [0, 0.05) is 12.8 Å². The van der Waals surface area contributed by atoms with Crippen LogP contribution in [0.4, 0.5) is 0 Å². The number of hydrogen-bond acceptors (Lipinski definition) is 3. The summed E-state index contributed by atoms with van der Waals surface area (Å²) >= 11 is 0. The van der Waals surface area contributed by atoms with E-state index in [0.29, 0.717) is 11.2 Å². The zero-order chi connectivity index (χ0) is 12.1. The Labute approximate surface area is 99.1 Å². The summed E-state index contributed by atoms with van der Waals surface area (Å²) in [6, 6.07) is 9.12. The molecule has 1 aromatic heterocycles. The standard InChI is InChI=1S/C9H6O2.C5H8O/c10-9-8-4-2-1-3-7(8)5-6-11-9;6-5-3-1-2-4-5/h1-6H;1-4H2. The van der Waals surface area contributed by atoms with E-state index >= 15 is 0 Å². The number of benzene rings is 1. The topological polar surface area (TPSA) is 47.3 Å². The maximum absolute atomic E-state index is 11.0. The minimum Gasteiger partial charge on any atom is -0.431 e. The van der Waals surface area contributed by atoms with Crippen LogP contribution >= 0.6 is 0 Å². The fourth-order valence-corrected chi connectivity index (χ4v) is 1.83. The Morgan fingerprint density at radius 2 is 1.65 bits per heavy atom. The van der Waals surface area contributed by atoms with Crippen molar-refractivity contribution < 1.29 is 9.21 Å². The number of Topliss-reactive ketones (excluding diaryl/α,β-unsaturated/α-hetero) is 1. The lowest BCUT2D eigenvalue weighted by Crippen LogP contribution is -1.96. The summed E-state index contributed by atoms with van der Waals surface area (Å²) in [7, 11) is 0. The number of rotatable bonds is 0. The van der Waals surface area contributed by atoms with Crippen LogP contribution in [0.15, 0.2) is 45.8 Å². The van der Waals surface area contributed by atoms with Gasteiger partial charge in [-0.15, -0.1) is 0 Å². The smallest absolute Gasteiger partial charge is 0.343 e. The summed E-state index contributed by atoms with van der Waals surface area (Å²) in [6.45, 7) is 0. The number of carbonyl (C=O) groups is 1. The summed E-state index contributed by atoms with van der Waals surface area (Å²) < 4.78 is 4.68. The number of carbonyl (C=O) groups excluding carboxylic acids is 1. The molecule has 0 aliphatic heterocycles. The van der Waals surface area contributed by atoms with E-state index in [1.54, 1.807) is 12.1 Å². The molecule has 1 aromatic carbocycles. The fraction of sp³-hybridized carbons (Fsp3) is 0.286. The van der Waals surface area contributed by atoms with E-state index in [2.05, 4.69) is 4.42 Å². The quantitative estimate of drug-likeness (QED) is 0.699. The molecule has 0 radical (unpaired) electrons. The maximum Gasteiger partial charge on any atom is 0.343 e. The van der Waals surface area contributed by atoms with Gasteiger partial charge in [0.2, 0.25) is 0 Å². The molecule has 1 aliphatic carbocycles. The van der Waals surface area contributed by atoms with Crippen molar-refractivity contribution in [3.8, 4) is 0 Å². The predicted octanol–water partition coefficient (Wildman–Crippen LogP) is 2.92. The third kappa shape index (κ3) is 3.03. The minimum absolute atomic E-state index is 0.275. The molecule has 3 rings (SSSR count). The molecule has 0 bridgehead atoms. The molecule has 2 aromatic rings. The highest BCUT2D eigenvalue weighted by molar-refractivity contribution is 5.80. The second-order valence-electron chi connectivity index (χ2n) is 4.04. The molecule has 0 N–H and O–H groups in total. The number of hydrogen-bond donors (Lipinski definition) is 0. The Morgan fingerprint density at radius 3 is 2.24 bits per heavy atom. The maximum atomic E-state index is 11.0. The minimum atomic E-state index is -0.275. The second-order valence-corrected chi connectivity index (χ2v) is 4.04. The van der Waals surface area contributed by atoms with Gasteiger partial charge in [-0.25, -0.2) is 4.79 Å². The summed E-state index contributed by atoms with van der Waals surface area (Å²) in [6.07, 6.45) is 5.38. The molecule has 0 spiro atoms. The van der Waals surface area contributed by atoms with Crippen molar-refractivity contribution in [1.29, 1.82) is 0 Å². The van der Waals surface area contributed by atoms with Crippen LogP contribution in [0.25, 0.3) is 10.8 Å². The molecule has 1 aliphatic rings. The highest BCUT2D eigenvalue weighted by Gasteiger charge is 2.07.